The van der Waals surface area contributed by atoms with E-state index in [1.54, 1.807) is 0 Å². The van der Waals surface area contributed by atoms with Crippen LogP contribution in [-0.4, -0.2) is 42.7 Å². The molecule has 0 spiro atoms. The lowest BCUT2D eigenvalue weighted by Gasteiger charge is -2.31. The zero-order chi connectivity index (χ0) is 17.3. The van der Waals surface area contributed by atoms with Crippen molar-refractivity contribution < 1.29 is 13.2 Å². The van der Waals surface area contributed by atoms with Crippen molar-refractivity contribution in [2.24, 2.45) is 7.05 Å². The first-order chi connectivity index (χ1) is 11.4. The number of alkyl halides is 3. The number of H-pyrrole nitrogens is 1. The molecule has 24 heavy (non-hydrogen) atoms. The second-order valence-electron chi connectivity index (χ2n) is 6.20. The molecule has 0 radical (unpaired) electrons. The first-order valence-electron chi connectivity index (χ1n) is 8.10. The molecule has 0 saturated carbocycles. The SMILES string of the molecule is CCc1nnc(CN2CCCC(c3ncc(C(F)(F)F)[nH]3)C2)n1C. The van der Waals surface area contributed by atoms with E-state index in [0.29, 0.717) is 18.9 Å². The van der Waals surface area contributed by atoms with Crippen LogP contribution in [0.15, 0.2) is 6.20 Å². The molecule has 1 atom stereocenters. The molecule has 0 amide bonds. The molecule has 0 aliphatic carbocycles. The fourth-order valence-electron chi connectivity index (χ4n) is 3.15. The number of piperidine rings is 1. The highest BCUT2D eigenvalue weighted by molar-refractivity contribution is 5.10. The summed E-state index contributed by atoms with van der Waals surface area (Å²) in [4.78, 5) is 8.59. The molecular formula is C15H21F3N6. The molecular weight excluding hydrogens is 321 g/mol. The number of aromatic nitrogens is 5. The topological polar surface area (TPSA) is 62.6 Å². The Hall–Kier alpha value is -1.90. The highest BCUT2D eigenvalue weighted by atomic mass is 19.4. The third kappa shape index (κ3) is 3.45. The first-order valence-corrected chi connectivity index (χ1v) is 8.10. The third-order valence-corrected chi connectivity index (χ3v) is 4.53. The van der Waals surface area contributed by atoms with Gasteiger partial charge >= 0.3 is 6.18 Å². The Morgan fingerprint density at radius 2 is 2.04 bits per heavy atom. The van der Waals surface area contributed by atoms with Crippen LogP contribution in [0.1, 0.15) is 48.9 Å². The molecule has 3 heterocycles. The van der Waals surface area contributed by atoms with Gasteiger partial charge in [-0.25, -0.2) is 4.98 Å². The molecule has 2 aromatic heterocycles. The molecule has 1 unspecified atom stereocenters. The number of nitrogens with zero attached hydrogens (tertiary/aromatic N) is 5. The number of nitrogens with one attached hydrogen (secondary N) is 1. The average Bonchev–Trinajstić information content (AvgIpc) is 3.16. The van der Waals surface area contributed by atoms with Crippen LogP contribution in [0.5, 0.6) is 0 Å². The Balaban J connectivity index is 1.68. The van der Waals surface area contributed by atoms with Gasteiger partial charge in [0, 0.05) is 25.9 Å². The van der Waals surface area contributed by atoms with E-state index in [0.717, 1.165) is 43.7 Å². The summed E-state index contributed by atoms with van der Waals surface area (Å²) in [6.07, 6.45) is -0.927. The van der Waals surface area contributed by atoms with Gasteiger partial charge in [-0.1, -0.05) is 6.92 Å². The van der Waals surface area contributed by atoms with E-state index in [9.17, 15) is 13.2 Å². The lowest BCUT2D eigenvalue weighted by atomic mass is 9.97. The molecule has 1 aliphatic heterocycles. The van der Waals surface area contributed by atoms with E-state index >= 15 is 0 Å². The van der Waals surface area contributed by atoms with E-state index in [2.05, 4.69) is 25.1 Å². The maximum Gasteiger partial charge on any atom is 0.432 e. The smallest absolute Gasteiger partial charge is 0.338 e. The summed E-state index contributed by atoms with van der Waals surface area (Å²) in [5, 5.41) is 8.36. The Morgan fingerprint density at radius 3 is 2.67 bits per heavy atom. The molecule has 132 valence electrons. The fourth-order valence-corrected chi connectivity index (χ4v) is 3.15. The van der Waals surface area contributed by atoms with Gasteiger partial charge < -0.3 is 9.55 Å². The standard InChI is InChI=1S/C15H21F3N6/c1-3-12-21-22-13(23(12)2)9-24-6-4-5-10(8-24)14-19-7-11(20-14)15(16,17)18/h7,10H,3-6,8-9H2,1-2H3,(H,19,20). The van der Waals surface area contributed by atoms with Crippen molar-refractivity contribution in [3.63, 3.8) is 0 Å². The van der Waals surface area contributed by atoms with Crippen LogP contribution in [0.4, 0.5) is 13.2 Å². The summed E-state index contributed by atoms with van der Waals surface area (Å²) in [5.41, 5.74) is -0.782. The van der Waals surface area contributed by atoms with E-state index in [1.165, 1.54) is 0 Å². The summed E-state index contributed by atoms with van der Waals surface area (Å²) in [5.74, 6) is 2.20. The second-order valence-corrected chi connectivity index (χ2v) is 6.20. The quantitative estimate of drug-likeness (QED) is 0.927. The minimum absolute atomic E-state index is 0.0197. The molecule has 3 rings (SSSR count). The average molecular weight is 342 g/mol. The third-order valence-electron chi connectivity index (χ3n) is 4.53. The Morgan fingerprint density at radius 1 is 1.29 bits per heavy atom. The van der Waals surface area contributed by atoms with Gasteiger partial charge in [0.2, 0.25) is 0 Å². The van der Waals surface area contributed by atoms with Crippen LogP contribution < -0.4 is 0 Å². The second kappa shape index (κ2) is 6.54. The Kier molecular flexibility index (Phi) is 4.62. The molecule has 1 aliphatic rings. The molecule has 1 N–H and O–H groups in total. The van der Waals surface area contributed by atoms with E-state index in [1.807, 2.05) is 18.5 Å². The van der Waals surface area contributed by atoms with Crippen molar-refractivity contribution in [1.29, 1.82) is 0 Å². The van der Waals surface area contributed by atoms with Crippen molar-refractivity contribution in [1.82, 2.24) is 29.6 Å². The highest BCUT2D eigenvalue weighted by Crippen LogP contribution is 2.31. The first kappa shape index (κ1) is 16.9. The minimum Gasteiger partial charge on any atom is -0.338 e. The zero-order valence-electron chi connectivity index (χ0n) is 13.8. The van der Waals surface area contributed by atoms with Crippen molar-refractivity contribution in [2.75, 3.05) is 13.1 Å². The molecule has 0 bridgehead atoms. The normalized spacial score (nSPS) is 19.8. The van der Waals surface area contributed by atoms with Crippen LogP contribution in [0.3, 0.4) is 0 Å². The Labute approximate surface area is 138 Å². The predicted molar refractivity (Wildman–Crippen MR) is 81.2 cm³/mol. The van der Waals surface area contributed by atoms with Crippen molar-refractivity contribution in [2.45, 2.75) is 44.8 Å². The van der Waals surface area contributed by atoms with E-state index in [4.69, 9.17) is 0 Å². The lowest BCUT2D eigenvalue weighted by molar-refractivity contribution is -0.141. The molecule has 6 nitrogen and oxygen atoms in total. The van der Waals surface area contributed by atoms with Gasteiger partial charge in [-0.05, 0) is 19.4 Å². The molecule has 1 fully saturated rings. The van der Waals surface area contributed by atoms with Crippen LogP contribution >= 0.6 is 0 Å². The molecule has 9 heteroatoms. The van der Waals surface area contributed by atoms with Crippen LogP contribution in [0.2, 0.25) is 0 Å². The van der Waals surface area contributed by atoms with Crippen LogP contribution in [0, 0.1) is 0 Å². The largest absolute Gasteiger partial charge is 0.432 e. The number of rotatable bonds is 4. The van der Waals surface area contributed by atoms with Crippen LogP contribution in [0.25, 0.3) is 0 Å². The summed E-state index contributed by atoms with van der Waals surface area (Å²) >= 11 is 0. The van der Waals surface area contributed by atoms with Crippen molar-refractivity contribution >= 4 is 0 Å². The van der Waals surface area contributed by atoms with Gasteiger partial charge in [-0.2, -0.15) is 13.2 Å². The molecule has 0 aromatic carbocycles. The van der Waals surface area contributed by atoms with Crippen LogP contribution in [-0.2, 0) is 26.2 Å². The van der Waals surface area contributed by atoms with Gasteiger partial charge in [0.25, 0.3) is 0 Å². The zero-order valence-corrected chi connectivity index (χ0v) is 13.8. The number of hydrogen-bond donors (Lipinski definition) is 1. The maximum absolute atomic E-state index is 12.7. The number of imidazole rings is 1. The monoisotopic (exact) mass is 342 g/mol. The minimum atomic E-state index is -4.38. The highest BCUT2D eigenvalue weighted by Gasteiger charge is 2.34. The number of halogens is 3. The maximum atomic E-state index is 12.7. The summed E-state index contributed by atoms with van der Waals surface area (Å²) in [6, 6.07) is 0. The van der Waals surface area contributed by atoms with E-state index < -0.39 is 11.9 Å². The number of hydrogen-bond acceptors (Lipinski definition) is 4. The van der Waals surface area contributed by atoms with Gasteiger partial charge in [0.05, 0.1) is 12.7 Å². The fraction of sp³-hybridized carbons (Fsp3) is 0.667. The van der Waals surface area contributed by atoms with Crippen molar-refractivity contribution in [3.05, 3.63) is 29.4 Å². The van der Waals surface area contributed by atoms with Gasteiger partial charge in [0.1, 0.15) is 23.2 Å². The summed E-state index contributed by atoms with van der Waals surface area (Å²) < 4.78 is 40.1. The van der Waals surface area contributed by atoms with Gasteiger partial charge in [0.15, 0.2) is 0 Å². The van der Waals surface area contributed by atoms with E-state index in [-0.39, 0.29) is 5.92 Å². The predicted octanol–water partition coefficient (Wildman–Crippen LogP) is 2.50. The number of likely N-dealkylation sites (tertiary alicyclic amines) is 1. The number of aryl methyl sites for hydroxylation is 1. The molecule has 2 aromatic rings. The summed E-state index contributed by atoms with van der Waals surface area (Å²) in [6.45, 7) is 4.24. The lowest BCUT2D eigenvalue weighted by Crippen LogP contribution is -2.35. The Bertz CT molecular complexity index is 690. The van der Waals surface area contributed by atoms with Gasteiger partial charge in [-0.3, -0.25) is 4.90 Å². The van der Waals surface area contributed by atoms with Gasteiger partial charge in [-0.15, -0.1) is 10.2 Å². The number of aromatic amines is 1. The molecule has 1 saturated heterocycles. The summed E-state index contributed by atoms with van der Waals surface area (Å²) in [7, 11) is 1.94. The van der Waals surface area contributed by atoms with Crippen molar-refractivity contribution in [3.8, 4) is 0 Å².